The van der Waals surface area contributed by atoms with Gasteiger partial charge in [-0.2, -0.15) is 28.4 Å². The minimum Gasteiger partial charge on any atom is -0.279 e. The number of hydrogen-bond donors (Lipinski definition) is 3. The van der Waals surface area contributed by atoms with E-state index in [1.165, 1.54) is 60.4 Å². The van der Waals surface area contributed by atoms with Gasteiger partial charge in [0, 0.05) is 47.9 Å². The second-order valence-corrected chi connectivity index (χ2v) is 11.9. The zero-order chi connectivity index (χ0) is 33.5. The average Bonchev–Trinajstić information content (AvgIpc) is 3.44. The third-order valence-electron chi connectivity index (χ3n) is 6.35. The van der Waals surface area contributed by atoms with E-state index in [0.29, 0.717) is 17.6 Å². The van der Waals surface area contributed by atoms with Crippen molar-refractivity contribution in [2.75, 3.05) is 5.43 Å². The predicted molar refractivity (Wildman–Crippen MR) is 164 cm³/mol. The molecule has 12 nitrogen and oxygen atoms in total. The van der Waals surface area contributed by atoms with Crippen LogP contribution in [0.4, 0.5) is 18.9 Å². The molecule has 0 radical (unpaired) electrons. The van der Waals surface area contributed by atoms with Crippen LogP contribution in [-0.2, 0) is 18.1 Å². The number of rotatable bonds is 10. The minimum absolute atomic E-state index is 0.106. The van der Waals surface area contributed by atoms with Gasteiger partial charge in [0.05, 0.1) is 16.8 Å². The van der Waals surface area contributed by atoms with Crippen LogP contribution < -0.4 is 21.2 Å². The first-order valence-electron chi connectivity index (χ1n) is 14.1. The molecule has 3 amide bonds. The van der Waals surface area contributed by atoms with Gasteiger partial charge in [0.25, 0.3) is 17.7 Å². The maximum atomic E-state index is 13.8. The maximum Gasteiger partial charge on any atom is 0.416 e. The molecule has 3 heterocycles. The highest BCUT2D eigenvalue weighted by atomic mass is 32.1. The van der Waals surface area contributed by atoms with E-state index in [4.69, 9.17) is 0 Å². The highest BCUT2D eigenvalue weighted by Crippen LogP contribution is 2.32. The fourth-order valence-corrected chi connectivity index (χ4v) is 4.83. The zero-order valence-electron chi connectivity index (χ0n) is 25.4. The van der Waals surface area contributed by atoms with Crippen molar-refractivity contribution in [3.63, 3.8) is 0 Å². The molecule has 1 aromatic carbocycles. The number of nitrogens with zero attached hydrogens (tertiary/aromatic N) is 6. The lowest BCUT2D eigenvalue weighted by Crippen LogP contribution is -2.55. The Kier molecular flexibility index (Phi) is 10.6. The molecule has 3 aromatic heterocycles. The number of carbonyl (C=O) groups is 3. The molecule has 0 unspecified atom stereocenters. The van der Waals surface area contributed by atoms with Gasteiger partial charge in [0.15, 0.2) is 0 Å². The number of hydrazine groups is 3. The van der Waals surface area contributed by atoms with Crippen molar-refractivity contribution in [2.45, 2.75) is 58.7 Å². The van der Waals surface area contributed by atoms with Crippen molar-refractivity contribution in [1.82, 2.24) is 35.8 Å². The van der Waals surface area contributed by atoms with Crippen LogP contribution in [0.3, 0.4) is 0 Å². The van der Waals surface area contributed by atoms with Gasteiger partial charge in [-0.15, -0.1) is 5.53 Å². The molecule has 4 aromatic rings. The minimum atomic E-state index is -4.78. The maximum absolute atomic E-state index is 13.8. The molecule has 0 spiro atoms. The summed E-state index contributed by atoms with van der Waals surface area (Å²) in [6.45, 7) is 8.30. The number of benzene rings is 1. The summed E-state index contributed by atoms with van der Waals surface area (Å²) in [6, 6.07) is 8.07. The first-order chi connectivity index (χ1) is 21.8. The quantitative estimate of drug-likeness (QED) is 0.204. The lowest BCUT2D eigenvalue weighted by molar-refractivity contribution is -0.137. The van der Waals surface area contributed by atoms with E-state index in [9.17, 15) is 27.6 Å². The number of hydrogen-bond acceptors (Lipinski definition) is 9. The number of carbonyl (C=O) groups excluding carboxylic acids is 3. The van der Waals surface area contributed by atoms with Gasteiger partial charge < -0.3 is 0 Å². The van der Waals surface area contributed by atoms with Gasteiger partial charge in [-0.1, -0.05) is 45.5 Å². The molecule has 16 heteroatoms. The largest absolute Gasteiger partial charge is 0.416 e. The number of nitrogens with one attached hydrogen (secondary N) is 3. The van der Waals surface area contributed by atoms with Crippen molar-refractivity contribution in [3.8, 4) is 0 Å². The summed E-state index contributed by atoms with van der Waals surface area (Å²) in [5, 5.41) is 6.01. The molecule has 0 atom stereocenters. The van der Waals surface area contributed by atoms with Gasteiger partial charge in [-0.25, -0.2) is 4.68 Å². The molecule has 0 aliphatic heterocycles. The summed E-state index contributed by atoms with van der Waals surface area (Å²) in [6.07, 6.45) is 2.34. The second kappa shape index (κ2) is 14.4. The van der Waals surface area contributed by atoms with E-state index in [0.717, 1.165) is 30.1 Å². The zero-order valence-corrected chi connectivity index (χ0v) is 26.2. The number of amides is 3. The van der Waals surface area contributed by atoms with E-state index in [1.54, 1.807) is 4.68 Å². The first kappa shape index (κ1) is 33.9. The molecule has 0 bridgehead atoms. The molecule has 4 rings (SSSR count). The number of alkyl halides is 3. The lowest BCUT2D eigenvalue weighted by Gasteiger charge is -2.26. The monoisotopic (exact) mass is 655 g/mol. The topological polar surface area (TPSA) is 146 Å². The summed E-state index contributed by atoms with van der Waals surface area (Å²) < 4.78 is 43.0. The van der Waals surface area contributed by atoms with Gasteiger partial charge in [0.1, 0.15) is 5.01 Å². The number of aryl methyl sites for hydroxylation is 1. The Morgan fingerprint density at radius 2 is 1.59 bits per heavy atom. The fraction of sp³-hybridized carbons (Fsp3) is 0.300. The van der Waals surface area contributed by atoms with Crippen LogP contribution in [0.1, 0.15) is 82.2 Å². The third kappa shape index (κ3) is 8.60. The molecule has 0 aliphatic rings. The highest BCUT2D eigenvalue weighted by Gasteiger charge is 2.32. The fourth-order valence-electron chi connectivity index (χ4n) is 3.85. The van der Waals surface area contributed by atoms with Gasteiger partial charge >= 0.3 is 6.18 Å². The van der Waals surface area contributed by atoms with E-state index in [-0.39, 0.29) is 27.0 Å². The van der Waals surface area contributed by atoms with E-state index in [2.05, 4.69) is 36.4 Å². The van der Waals surface area contributed by atoms with Crippen LogP contribution in [0.15, 0.2) is 72.2 Å². The van der Waals surface area contributed by atoms with Crippen LogP contribution in [0.5, 0.6) is 0 Å². The van der Waals surface area contributed by atoms with Gasteiger partial charge in [-0.3, -0.25) is 35.2 Å². The third-order valence-corrected chi connectivity index (χ3v) is 7.72. The lowest BCUT2D eigenvalue weighted by atomic mass is 9.98. The van der Waals surface area contributed by atoms with Crippen LogP contribution in [0.25, 0.3) is 0 Å². The SMILES string of the molecule is CCCCn1nc(C(C)(C)C)sc1=NC(=O)c1cc(C(F)(F)F)ccc1NN(NNC(=O)c1ccncc1)C(=O)c1ccncc1. The Hall–Kier alpha value is -4.96. The van der Waals surface area contributed by atoms with Crippen molar-refractivity contribution in [2.24, 2.45) is 4.99 Å². The summed E-state index contributed by atoms with van der Waals surface area (Å²) >= 11 is 1.17. The van der Waals surface area contributed by atoms with Crippen LogP contribution in [0, 0.1) is 0 Å². The molecule has 0 fully saturated rings. The molecule has 0 saturated heterocycles. The number of aromatic nitrogens is 4. The van der Waals surface area contributed by atoms with E-state index >= 15 is 0 Å². The highest BCUT2D eigenvalue weighted by molar-refractivity contribution is 7.09. The number of anilines is 1. The van der Waals surface area contributed by atoms with Crippen LogP contribution in [-0.4, -0.2) is 42.6 Å². The average molecular weight is 656 g/mol. The Morgan fingerprint density at radius 3 is 2.17 bits per heavy atom. The van der Waals surface area contributed by atoms with E-state index < -0.39 is 35.0 Å². The Bertz CT molecular complexity index is 1750. The Labute approximate surface area is 266 Å². The first-order valence-corrected chi connectivity index (χ1v) is 15.0. The van der Waals surface area contributed by atoms with Crippen molar-refractivity contribution < 1.29 is 27.6 Å². The van der Waals surface area contributed by atoms with Crippen molar-refractivity contribution in [1.29, 1.82) is 0 Å². The Balaban J connectivity index is 1.76. The van der Waals surface area contributed by atoms with Crippen molar-refractivity contribution in [3.05, 3.63) is 99.3 Å². The molecular weight excluding hydrogens is 623 g/mol. The molecule has 0 saturated carbocycles. The summed E-state index contributed by atoms with van der Waals surface area (Å²) in [7, 11) is 0. The van der Waals surface area contributed by atoms with E-state index in [1.807, 2.05) is 27.7 Å². The molecule has 46 heavy (non-hydrogen) atoms. The smallest absolute Gasteiger partial charge is 0.279 e. The molecule has 3 N–H and O–H groups in total. The number of pyridine rings is 2. The Morgan fingerprint density at radius 1 is 0.957 bits per heavy atom. The summed E-state index contributed by atoms with van der Waals surface area (Å²) in [4.78, 5) is 51.9. The van der Waals surface area contributed by atoms with Gasteiger partial charge in [0.2, 0.25) is 4.80 Å². The number of unbranched alkanes of at least 4 members (excludes halogenated alkanes) is 1. The van der Waals surface area contributed by atoms with Crippen LogP contribution in [0.2, 0.25) is 0 Å². The van der Waals surface area contributed by atoms with Crippen molar-refractivity contribution >= 4 is 34.7 Å². The second-order valence-electron chi connectivity index (χ2n) is 11.0. The molecule has 0 aliphatic carbocycles. The number of halogens is 3. The summed E-state index contributed by atoms with van der Waals surface area (Å²) in [5.41, 5.74) is 5.60. The normalized spacial score (nSPS) is 12.1. The predicted octanol–water partition coefficient (Wildman–Crippen LogP) is 4.91. The van der Waals surface area contributed by atoms with Gasteiger partial charge in [-0.05, 0) is 48.9 Å². The molecule has 242 valence electrons. The van der Waals surface area contributed by atoms with Crippen LogP contribution >= 0.6 is 11.3 Å². The molecular formula is C30H32F3N9O3S. The standard InChI is InChI=1S/C30H32F3N9O3S/c1-5-6-17-41-28(46-27(39-41)29(2,3)4)36-25(44)22-18-21(30(31,32)33)7-8-23(22)38-42(26(45)20-11-15-35-16-12-20)40-37-24(43)19-9-13-34-14-10-19/h7-16,18,38,40H,5-6,17H2,1-4H3,(H,37,43). The summed E-state index contributed by atoms with van der Waals surface area (Å²) in [5.74, 6) is -2.41.